The number of aromatic nitrogens is 4. The Hall–Kier alpha value is -6.28. The van der Waals surface area contributed by atoms with E-state index >= 15 is 4.39 Å². The van der Waals surface area contributed by atoms with Crippen LogP contribution in [0, 0.1) is 11.3 Å². The van der Waals surface area contributed by atoms with Crippen molar-refractivity contribution < 1.29 is 33.1 Å². The molecule has 52 heavy (non-hydrogen) atoms. The molecule has 5 heterocycles. The van der Waals surface area contributed by atoms with Gasteiger partial charge in [0.25, 0.3) is 17.7 Å². The second kappa shape index (κ2) is 14.2. The van der Waals surface area contributed by atoms with Gasteiger partial charge in [-0.3, -0.25) is 34.2 Å². The summed E-state index contributed by atoms with van der Waals surface area (Å²) in [4.78, 5) is 73.2. The maximum absolute atomic E-state index is 15.2. The molecule has 3 aliphatic rings. The number of halogens is 1. The molecule has 2 aliphatic heterocycles. The second-order valence-corrected chi connectivity index (χ2v) is 12.7. The minimum Gasteiger partial charge on any atom is -0.382 e. The third-order valence-corrected chi connectivity index (χ3v) is 9.06. The van der Waals surface area contributed by atoms with Gasteiger partial charge in [0.15, 0.2) is 11.5 Å². The molecule has 266 valence electrons. The standard InChI is InChI=1S/C35H33FN10O6/c1-18(52-10-9-38-25-4-2-3-22-30(25)35(51)45(34(22)50)27-7-8-29(47)44-33(27)49)24(36)17-41-32(48)23-16-39-28(12-26(23)43-21-5-6-21)46-31-20(15-42-46)11-19(13-37)14-40-31/h2-4,11-12,14-16,18,21,24,27,38H,5-10,17H2,1H3,(H,39,43)(H,41,48)(H,44,47,49). The Labute approximate surface area is 295 Å². The van der Waals surface area contributed by atoms with Crippen LogP contribution in [0.5, 0.6) is 0 Å². The Balaban J connectivity index is 0.929. The van der Waals surface area contributed by atoms with Crippen molar-refractivity contribution in [3.63, 3.8) is 0 Å². The van der Waals surface area contributed by atoms with Crippen molar-refractivity contribution in [3.05, 3.63) is 71.2 Å². The first-order valence-corrected chi connectivity index (χ1v) is 16.8. The van der Waals surface area contributed by atoms with Crippen LogP contribution < -0.4 is 21.3 Å². The molecule has 5 amide bonds. The summed E-state index contributed by atoms with van der Waals surface area (Å²) in [5, 5.41) is 25.4. The number of ether oxygens (including phenoxy) is 1. The predicted molar refractivity (Wildman–Crippen MR) is 182 cm³/mol. The molecular formula is C35H33FN10O6. The quantitative estimate of drug-likeness (QED) is 0.116. The average molecular weight is 709 g/mol. The number of rotatable bonds is 13. The summed E-state index contributed by atoms with van der Waals surface area (Å²) in [7, 11) is 0. The number of hydrogen-bond donors (Lipinski definition) is 4. The number of hydrogen-bond acceptors (Lipinski definition) is 12. The Kier molecular flexibility index (Phi) is 9.30. The van der Waals surface area contributed by atoms with E-state index in [1.807, 2.05) is 6.07 Å². The molecule has 1 aromatic carbocycles. The molecule has 1 aliphatic carbocycles. The molecule has 2 fully saturated rings. The number of carbonyl (C=O) groups is 5. The van der Waals surface area contributed by atoms with Crippen molar-refractivity contribution in [1.29, 1.82) is 5.26 Å². The van der Waals surface area contributed by atoms with E-state index < -0.39 is 47.9 Å². The lowest BCUT2D eigenvalue weighted by atomic mass is 10.0. The number of nitrogens with zero attached hydrogens (tertiary/aromatic N) is 6. The van der Waals surface area contributed by atoms with Crippen LogP contribution in [0.4, 0.5) is 15.8 Å². The number of benzene rings is 1. The van der Waals surface area contributed by atoms with E-state index in [1.54, 1.807) is 30.5 Å². The molecule has 7 rings (SSSR count). The van der Waals surface area contributed by atoms with Gasteiger partial charge < -0.3 is 20.7 Å². The zero-order valence-corrected chi connectivity index (χ0v) is 27.9. The van der Waals surface area contributed by atoms with E-state index in [1.165, 1.54) is 30.1 Å². The highest BCUT2D eigenvalue weighted by Gasteiger charge is 2.45. The van der Waals surface area contributed by atoms with Gasteiger partial charge in [-0.25, -0.2) is 14.4 Å². The van der Waals surface area contributed by atoms with E-state index in [2.05, 4.69) is 36.3 Å². The Morgan fingerprint density at radius 3 is 2.69 bits per heavy atom. The summed E-state index contributed by atoms with van der Waals surface area (Å²) < 4.78 is 22.4. The summed E-state index contributed by atoms with van der Waals surface area (Å²) in [6.07, 6.45) is 3.91. The predicted octanol–water partition coefficient (Wildman–Crippen LogP) is 2.25. The highest BCUT2D eigenvalue weighted by molar-refractivity contribution is 6.25. The fourth-order valence-corrected chi connectivity index (χ4v) is 6.11. The van der Waals surface area contributed by atoms with Gasteiger partial charge in [-0.2, -0.15) is 15.0 Å². The van der Waals surface area contributed by atoms with E-state index in [0.29, 0.717) is 33.8 Å². The minimum atomic E-state index is -1.56. The van der Waals surface area contributed by atoms with Crippen LogP contribution in [0.1, 0.15) is 69.2 Å². The lowest BCUT2D eigenvalue weighted by Crippen LogP contribution is -2.54. The summed E-state index contributed by atoms with van der Waals surface area (Å²) in [6, 6.07) is 9.23. The molecular weight excluding hydrogens is 675 g/mol. The van der Waals surface area contributed by atoms with Gasteiger partial charge in [-0.1, -0.05) is 6.07 Å². The number of pyridine rings is 2. The Morgan fingerprint density at radius 1 is 1.10 bits per heavy atom. The van der Waals surface area contributed by atoms with Crippen LogP contribution >= 0.6 is 0 Å². The number of imide groups is 2. The number of nitrogens with one attached hydrogen (secondary N) is 4. The molecule has 17 heteroatoms. The molecule has 3 unspecified atom stereocenters. The van der Waals surface area contributed by atoms with Crippen LogP contribution in [0.15, 0.2) is 48.9 Å². The maximum Gasteiger partial charge on any atom is 0.264 e. The van der Waals surface area contributed by atoms with Crippen molar-refractivity contribution in [2.24, 2.45) is 0 Å². The fourth-order valence-electron chi connectivity index (χ4n) is 6.11. The third kappa shape index (κ3) is 6.75. The van der Waals surface area contributed by atoms with Crippen molar-refractivity contribution >= 4 is 51.9 Å². The normalized spacial score (nSPS) is 18.1. The maximum atomic E-state index is 15.2. The number of fused-ring (bicyclic) bond motifs is 2. The van der Waals surface area contributed by atoms with Crippen molar-refractivity contribution in [3.8, 4) is 11.9 Å². The number of carbonyl (C=O) groups excluding carboxylic acids is 5. The van der Waals surface area contributed by atoms with Gasteiger partial charge in [0.1, 0.15) is 18.3 Å². The number of alkyl halides is 1. The zero-order chi connectivity index (χ0) is 36.5. The monoisotopic (exact) mass is 708 g/mol. The third-order valence-electron chi connectivity index (χ3n) is 9.06. The van der Waals surface area contributed by atoms with Gasteiger partial charge in [-0.15, -0.1) is 0 Å². The fraction of sp³-hybridized carbons (Fsp3) is 0.343. The summed E-state index contributed by atoms with van der Waals surface area (Å²) >= 11 is 0. The van der Waals surface area contributed by atoms with Crippen LogP contribution in [-0.2, 0) is 14.3 Å². The minimum absolute atomic E-state index is 0.0161. The molecule has 16 nitrogen and oxygen atoms in total. The molecule has 4 N–H and O–H groups in total. The van der Waals surface area contributed by atoms with E-state index in [4.69, 9.17) is 4.74 Å². The number of amides is 5. The molecule has 3 aromatic heterocycles. The highest BCUT2D eigenvalue weighted by atomic mass is 19.1. The van der Waals surface area contributed by atoms with E-state index in [0.717, 1.165) is 17.7 Å². The first-order chi connectivity index (χ1) is 25.1. The summed E-state index contributed by atoms with van der Waals surface area (Å²) in [6.45, 7) is 1.41. The van der Waals surface area contributed by atoms with Crippen LogP contribution in [-0.4, -0.2) is 98.2 Å². The van der Waals surface area contributed by atoms with Crippen LogP contribution in [0.2, 0.25) is 0 Å². The smallest absolute Gasteiger partial charge is 0.264 e. The van der Waals surface area contributed by atoms with Crippen molar-refractivity contribution in [2.45, 2.75) is 57.0 Å². The zero-order valence-electron chi connectivity index (χ0n) is 27.9. The molecule has 1 saturated carbocycles. The highest BCUT2D eigenvalue weighted by Crippen LogP contribution is 2.32. The van der Waals surface area contributed by atoms with Gasteiger partial charge in [-0.05, 0) is 44.4 Å². The largest absolute Gasteiger partial charge is 0.382 e. The molecule has 4 aromatic rings. The molecule has 0 radical (unpaired) electrons. The first kappa shape index (κ1) is 34.2. The lowest BCUT2D eigenvalue weighted by Gasteiger charge is -2.27. The summed E-state index contributed by atoms with van der Waals surface area (Å²) in [5.41, 5.74) is 2.25. The molecule has 0 bridgehead atoms. The lowest BCUT2D eigenvalue weighted by molar-refractivity contribution is -0.136. The van der Waals surface area contributed by atoms with Crippen LogP contribution in [0.3, 0.4) is 0 Å². The number of piperidine rings is 1. The van der Waals surface area contributed by atoms with Gasteiger partial charge >= 0.3 is 0 Å². The van der Waals surface area contributed by atoms with Crippen molar-refractivity contribution in [1.82, 2.24) is 35.3 Å². The first-order valence-electron chi connectivity index (χ1n) is 16.8. The number of anilines is 2. The van der Waals surface area contributed by atoms with Gasteiger partial charge in [0.05, 0.1) is 53.4 Å². The van der Waals surface area contributed by atoms with E-state index in [9.17, 15) is 29.2 Å². The second-order valence-electron chi connectivity index (χ2n) is 12.7. The topological polar surface area (TPSA) is 213 Å². The Morgan fingerprint density at radius 2 is 1.92 bits per heavy atom. The van der Waals surface area contributed by atoms with Crippen molar-refractivity contribution in [2.75, 3.05) is 30.3 Å². The summed E-state index contributed by atoms with van der Waals surface area (Å²) in [5.74, 6) is -2.53. The number of nitriles is 1. The van der Waals surface area contributed by atoms with E-state index in [-0.39, 0.29) is 55.3 Å². The Bertz CT molecular complexity index is 2160. The SMILES string of the molecule is CC(OCCNc1cccc2c1C(=O)N(C1CCC(=O)NC1=O)C2=O)C(F)CNC(=O)c1cnc(-n2ncc3cc(C#N)cnc32)cc1NC1CC1. The van der Waals surface area contributed by atoms with Gasteiger partial charge in [0, 0.05) is 48.5 Å². The molecule has 3 atom stereocenters. The average Bonchev–Trinajstić information content (AvgIpc) is 3.80. The van der Waals surface area contributed by atoms with Gasteiger partial charge in [0.2, 0.25) is 11.8 Å². The molecule has 0 spiro atoms. The van der Waals surface area contributed by atoms with Crippen LogP contribution in [0.25, 0.3) is 16.9 Å². The molecule has 1 saturated heterocycles.